The van der Waals surface area contributed by atoms with Gasteiger partial charge in [0.2, 0.25) is 5.88 Å². The number of halogens is 1. The predicted octanol–water partition coefficient (Wildman–Crippen LogP) is 3.82. The van der Waals surface area contributed by atoms with Crippen molar-refractivity contribution in [1.29, 1.82) is 0 Å². The Kier molecular flexibility index (Phi) is 7.15. The molecule has 1 fully saturated rings. The van der Waals surface area contributed by atoms with E-state index < -0.39 is 5.82 Å². The molecule has 188 valence electrons. The quantitative estimate of drug-likeness (QED) is 0.455. The van der Waals surface area contributed by atoms with Gasteiger partial charge in [0.05, 0.1) is 49.8 Å². The molecule has 0 amide bonds. The van der Waals surface area contributed by atoms with E-state index in [1.807, 2.05) is 10.9 Å². The zero-order chi connectivity index (χ0) is 24.4. The molecule has 0 radical (unpaired) electrons. The number of aryl methyl sites for hydroxylation is 1. The second-order valence-electron chi connectivity index (χ2n) is 9.76. The second kappa shape index (κ2) is 10.5. The summed E-state index contributed by atoms with van der Waals surface area (Å²) >= 11 is 0. The number of fused-ring (bicyclic) bond motifs is 1. The molecule has 3 aromatic heterocycles. The molecule has 5 heterocycles. The molecule has 1 saturated heterocycles. The standard InChI is InChI=1S/C26H35FN6O2/c1-18-22(16-29-32(18)10-5-4-6-19-7-11-31(2)17-19)25-21-8-12-35-13-9-24(21)33(30-25)20-14-23(27)26(34-3)28-15-20/h14-16,19H,4-13,17H2,1-3H3. The highest BCUT2D eigenvalue weighted by molar-refractivity contribution is 5.67. The highest BCUT2D eigenvalue weighted by Gasteiger charge is 2.25. The molecule has 0 saturated carbocycles. The van der Waals surface area contributed by atoms with Gasteiger partial charge in [0.15, 0.2) is 5.82 Å². The molecule has 5 rings (SSSR count). The van der Waals surface area contributed by atoms with E-state index in [0.717, 1.165) is 53.5 Å². The molecule has 0 spiro atoms. The van der Waals surface area contributed by atoms with E-state index in [0.29, 0.717) is 25.3 Å². The van der Waals surface area contributed by atoms with Crippen LogP contribution in [0.15, 0.2) is 18.5 Å². The van der Waals surface area contributed by atoms with Gasteiger partial charge >= 0.3 is 0 Å². The minimum absolute atomic E-state index is 0.0207. The van der Waals surface area contributed by atoms with Gasteiger partial charge in [-0.15, -0.1) is 0 Å². The van der Waals surface area contributed by atoms with Crippen molar-refractivity contribution in [3.05, 3.63) is 41.2 Å². The summed E-state index contributed by atoms with van der Waals surface area (Å²) in [5.41, 5.74) is 5.81. The lowest BCUT2D eigenvalue weighted by Crippen LogP contribution is -2.14. The highest BCUT2D eigenvalue weighted by Crippen LogP contribution is 2.32. The Morgan fingerprint density at radius 2 is 2.06 bits per heavy atom. The van der Waals surface area contributed by atoms with E-state index in [9.17, 15) is 4.39 Å². The Hall–Kier alpha value is -2.78. The van der Waals surface area contributed by atoms with Gasteiger partial charge in [0.25, 0.3) is 0 Å². The summed E-state index contributed by atoms with van der Waals surface area (Å²) in [6, 6.07) is 1.42. The van der Waals surface area contributed by atoms with Crippen molar-refractivity contribution in [2.45, 2.75) is 52.0 Å². The zero-order valence-electron chi connectivity index (χ0n) is 21.0. The minimum Gasteiger partial charge on any atom is -0.479 e. The van der Waals surface area contributed by atoms with Crippen molar-refractivity contribution in [3.63, 3.8) is 0 Å². The van der Waals surface area contributed by atoms with Crippen molar-refractivity contribution in [1.82, 2.24) is 29.4 Å². The maximum Gasteiger partial charge on any atom is 0.250 e. The lowest BCUT2D eigenvalue weighted by atomic mass is 10.0. The number of rotatable bonds is 8. The van der Waals surface area contributed by atoms with E-state index >= 15 is 0 Å². The fourth-order valence-electron chi connectivity index (χ4n) is 5.42. The van der Waals surface area contributed by atoms with Crippen molar-refractivity contribution >= 4 is 0 Å². The molecule has 0 bridgehead atoms. The average Bonchev–Trinajstić information content (AvgIpc) is 3.48. The Balaban J connectivity index is 1.38. The fraction of sp³-hybridized carbons (Fsp3) is 0.577. The molecule has 3 aromatic rings. The summed E-state index contributed by atoms with van der Waals surface area (Å²) in [7, 11) is 3.62. The summed E-state index contributed by atoms with van der Waals surface area (Å²) in [5.74, 6) is 0.315. The molecule has 0 N–H and O–H groups in total. The third kappa shape index (κ3) is 4.97. The minimum atomic E-state index is -0.506. The molecule has 2 aliphatic rings. The maximum atomic E-state index is 14.4. The van der Waals surface area contributed by atoms with Crippen molar-refractivity contribution in [2.24, 2.45) is 5.92 Å². The number of aromatic nitrogens is 5. The normalized spacial score (nSPS) is 18.6. The monoisotopic (exact) mass is 482 g/mol. The van der Waals surface area contributed by atoms with Crippen LogP contribution in [0.1, 0.15) is 42.6 Å². The molecule has 2 aliphatic heterocycles. The van der Waals surface area contributed by atoms with E-state index in [1.54, 1.807) is 6.20 Å². The molecule has 35 heavy (non-hydrogen) atoms. The van der Waals surface area contributed by atoms with E-state index in [4.69, 9.17) is 19.7 Å². The van der Waals surface area contributed by atoms with E-state index in [2.05, 4.69) is 28.5 Å². The lowest BCUT2D eigenvalue weighted by Gasteiger charge is -2.10. The van der Waals surface area contributed by atoms with Gasteiger partial charge in [-0.25, -0.2) is 14.1 Å². The van der Waals surface area contributed by atoms with Crippen LogP contribution in [0.4, 0.5) is 4.39 Å². The number of hydrogen-bond acceptors (Lipinski definition) is 6. The third-order valence-corrected chi connectivity index (χ3v) is 7.38. The number of nitrogens with zero attached hydrogens (tertiary/aromatic N) is 6. The van der Waals surface area contributed by atoms with Gasteiger partial charge in [-0.05, 0) is 52.1 Å². The molecule has 9 heteroatoms. The van der Waals surface area contributed by atoms with Crippen LogP contribution in [0, 0.1) is 18.7 Å². The first kappa shape index (κ1) is 23.9. The first-order valence-electron chi connectivity index (χ1n) is 12.6. The largest absolute Gasteiger partial charge is 0.479 e. The molecular formula is C26H35FN6O2. The molecule has 1 atom stereocenters. The van der Waals surface area contributed by atoms with Crippen molar-refractivity contribution in [3.8, 4) is 22.8 Å². The Bertz CT molecular complexity index is 1170. The summed E-state index contributed by atoms with van der Waals surface area (Å²) in [5, 5.41) is 9.66. The van der Waals surface area contributed by atoms with Crippen molar-refractivity contribution < 1.29 is 13.9 Å². The molecule has 0 aliphatic carbocycles. The third-order valence-electron chi connectivity index (χ3n) is 7.38. The van der Waals surface area contributed by atoms with Gasteiger partial charge in [0.1, 0.15) is 0 Å². The summed E-state index contributed by atoms with van der Waals surface area (Å²) in [6.07, 6.45) is 9.96. The van der Waals surface area contributed by atoms with Gasteiger partial charge in [0, 0.05) is 42.4 Å². The van der Waals surface area contributed by atoms with Gasteiger partial charge in [-0.2, -0.15) is 10.2 Å². The number of methoxy groups -OCH3 is 1. The van der Waals surface area contributed by atoms with Crippen LogP contribution in [0.2, 0.25) is 0 Å². The fourth-order valence-corrected chi connectivity index (χ4v) is 5.42. The molecule has 8 nitrogen and oxygen atoms in total. The number of pyridine rings is 1. The summed E-state index contributed by atoms with van der Waals surface area (Å²) in [6.45, 7) is 6.74. The SMILES string of the molecule is COc1ncc(-n2nc(-c3cnn(CCCCC4CCN(C)C4)c3C)c3c2CCOCC3)cc1F. The zero-order valence-corrected chi connectivity index (χ0v) is 21.0. The first-order valence-corrected chi connectivity index (χ1v) is 12.6. The average molecular weight is 483 g/mol. The topological polar surface area (TPSA) is 70.2 Å². The Labute approximate surface area is 206 Å². The van der Waals surface area contributed by atoms with Gasteiger partial charge in [-0.1, -0.05) is 6.42 Å². The van der Waals surface area contributed by atoms with Crippen molar-refractivity contribution in [2.75, 3.05) is 40.5 Å². The van der Waals surface area contributed by atoms with E-state index in [1.165, 1.54) is 45.5 Å². The number of ether oxygens (including phenoxy) is 2. The van der Waals surface area contributed by atoms with Crippen LogP contribution >= 0.6 is 0 Å². The number of unbranched alkanes of at least 4 members (excludes halogenated alkanes) is 1. The molecule has 0 aromatic carbocycles. The van der Waals surface area contributed by atoms with Crippen LogP contribution in [0.25, 0.3) is 16.9 Å². The van der Waals surface area contributed by atoms with Crippen LogP contribution in [-0.2, 0) is 24.1 Å². The predicted molar refractivity (Wildman–Crippen MR) is 132 cm³/mol. The molecule has 1 unspecified atom stereocenters. The maximum absolute atomic E-state index is 14.4. The first-order chi connectivity index (χ1) is 17.0. The number of hydrogen-bond donors (Lipinski definition) is 0. The highest BCUT2D eigenvalue weighted by atomic mass is 19.1. The van der Waals surface area contributed by atoms with Gasteiger partial charge in [-0.3, -0.25) is 4.68 Å². The lowest BCUT2D eigenvalue weighted by molar-refractivity contribution is 0.145. The van der Waals surface area contributed by atoms with E-state index in [-0.39, 0.29) is 5.88 Å². The Morgan fingerprint density at radius 3 is 2.83 bits per heavy atom. The summed E-state index contributed by atoms with van der Waals surface area (Å²) < 4.78 is 29.1. The van der Waals surface area contributed by atoms with Gasteiger partial charge < -0.3 is 14.4 Å². The Morgan fingerprint density at radius 1 is 1.20 bits per heavy atom. The second-order valence-corrected chi connectivity index (χ2v) is 9.76. The van der Waals surface area contributed by atoms with Crippen LogP contribution in [-0.4, -0.2) is 69.9 Å². The van der Waals surface area contributed by atoms with Crippen LogP contribution in [0.3, 0.4) is 0 Å². The smallest absolute Gasteiger partial charge is 0.250 e. The summed E-state index contributed by atoms with van der Waals surface area (Å²) in [4.78, 5) is 6.54. The molecular weight excluding hydrogens is 447 g/mol. The van der Waals surface area contributed by atoms with Crippen LogP contribution < -0.4 is 4.74 Å². The number of likely N-dealkylation sites (tertiary alicyclic amines) is 1. The van der Waals surface area contributed by atoms with Crippen LogP contribution in [0.5, 0.6) is 5.88 Å².